The number of nitrogens with zero attached hydrogens (tertiary/aromatic N) is 2. The SMILES string of the molecule is Cc1noc2ccc(N(C)C(C)(C)C)cc12. The van der Waals surface area contributed by atoms with Gasteiger partial charge in [-0.3, -0.25) is 0 Å². The molecule has 0 bridgehead atoms. The van der Waals surface area contributed by atoms with Gasteiger partial charge in [0.25, 0.3) is 0 Å². The molecule has 0 amide bonds. The first-order chi connectivity index (χ1) is 7.39. The van der Waals surface area contributed by atoms with Crippen molar-refractivity contribution < 1.29 is 4.52 Å². The van der Waals surface area contributed by atoms with Crippen molar-refractivity contribution >= 4 is 16.7 Å². The van der Waals surface area contributed by atoms with Crippen molar-refractivity contribution in [1.82, 2.24) is 5.16 Å². The van der Waals surface area contributed by atoms with Crippen molar-refractivity contribution in [2.75, 3.05) is 11.9 Å². The maximum Gasteiger partial charge on any atom is 0.167 e. The van der Waals surface area contributed by atoms with Crippen LogP contribution in [-0.4, -0.2) is 17.7 Å². The van der Waals surface area contributed by atoms with Crippen molar-refractivity contribution in [3.05, 3.63) is 23.9 Å². The molecule has 1 heterocycles. The molecule has 0 saturated heterocycles. The highest BCUT2D eigenvalue weighted by atomic mass is 16.5. The highest BCUT2D eigenvalue weighted by Gasteiger charge is 2.18. The van der Waals surface area contributed by atoms with Gasteiger partial charge in [0, 0.05) is 23.7 Å². The van der Waals surface area contributed by atoms with Crippen LogP contribution in [-0.2, 0) is 0 Å². The van der Waals surface area contributed by atoms with Gasteiger partial charge in [0.15, 0.2) is 5.58 Å². The molecule has 0 saturated carbocycles. The summed E-state index contributed by atoms with van der Waals surface area (Å²) in [6.45, 7) is 8.54. The lowest BCUT2D eigenvalue weighted by molar-refractivity contribution is 0.450. The second-order valence-electron chi connectivity index (χ2n) is 5.18. The van der Waals surface area contributed by atoms with Crippen LogP contribution in [0.25, 0.3) is 11.0 Å². The summed E-state index contributed by atoms with van der Waals surface area (Å²) in [6, 6.07) is 6.18. The lowest BCUT2D eigenvalue weighted by Crippen LogP contribution is -2.37. The molecular formula is C13H18N2O. The summed E-state index contributed by atoms with van der Waals surface area (Å²) in [5.41, 5.74) is 3.09. The van der Waals surface area contributed by atoms with E-state index in [0.29, 0.717) is 0 Å². The average molecular weight is 218 g/mol. The fourth-order valence-corrected chi connectivity index (χ4v) is 1.64. The smallest absolute Gasteiger partial charge is 0.167 e. The zero-order chi connectivity index (χ0) is 11.9. The van der Waals surface area contributed by atoms with E-state index in [4.69, 9.17) is 4.52 Å². The number of anilines is 1. The molecule has 0 spiro atoms. The van der Waals surface area contributed by atoms with Gasteiger partial charge in [-0.15, -0.1) is 0 Å². The van der Waals surface area contributed by atoms with Crippen LogP contribution in [0.3, 0.4) is 0 Å². The molecule has 0 radical (unpaired) electrons. The van der Waals surface area contributed by atoms with Gasteiger partial charge in [-0.25, -0.2) is 0 Å². The predicted octanol–water partition coefficient (Wildman–Crippen LogP) is 3.37. The Morgan fingerprint density at radius 1 is 1.25 bits per heavy atom. The Morgan fingerprint density at radius 3 is 2.56 bits per heavy atom. The Kier molecular flexibility index (Phi) is 2.41. The topological polar surface area (TPSA) is 29.3 Å². The van der Waals surface area contributed by atoms with Crippen molar-refractivity contribution in [3.63, 3.8) is 0 Å². The third-order valence-corrected chi connectivity index (χ3v) is 3.03. The Bertz CT molecular complexity index is 508. The third kappa shape index (κ3) is 1.77. The summed E-state index contributed by atoms with van der Waals surface area (Å²) in [5.74, 6) is 0. The molecule has 0 aliphatic carbocycles. The molecule has 0 aliphatic rings. The molecule has 0 atom stereocenters. The fourth-order valence-electron chi connectivity index (χ4n) is 1.64. The minimum atomic E-state index is 0.110. The van der Waals surface area contributed by atoms with Gasteiger partial charge < -0.3 is 9.42 Å². The van der Waals surface area contributed by atoms with E-state index < -0.39 is 0 Å². The van der Waals surface area contributed by atoms with Crippen molar-refractivity contribution in [2.45, 2.75) is 33.2 Å². The fraction of sp³-hybridized carbons (Fsp3) is 0.462. The second-order valence-corrected chi connectivity index (χ2v) is 5.18. The highest BCUT2D eigenvalue weighted by molar-refractivity contribution is 5.83. The molecule has 2 rings (SSSR count). The Hall–Kier alpha value is -1.51. The number of benzene rings is 1. The number of fused-ring (bicyclic) bond motifs is 1. The van der Waals surface area contributed by atoms with Crippen LogP contribution in [0.5, 0.6) is 0 Å². The second kappa shape index (κ2) is 3.51. The molecule has 2 aromatic rings. The minimum absolute atomic E-state index is 0.110. The Labute approximate surface area is 96.0 Å². The van der Waals surface area contributed by atoms with E-state index in [1.54, 1.807) is 0 Å². The maximum atomic E-state index is 5.20. The normalized spacial score (nSPS) is 12.1. The van der Waals surface area contributed by atoms with E-state index in [2.05, 4.69) is 50.0 Å². The van der Waals surface area contributed by atoms with Crippen molar-refractivity contribution in [1.29, 1.82) is 0 Å². The van der Waals surface area contributed by atoms with Crippen LogP contribution in [0, 0.1) is 6.92 Å². The minimum Gasteiger partial charge on any atom is -0.370 e. The molecule has 0 aliphatic heterocycles. The number of aryl methyl sites for hydroxylation is 1. The van der Waals surface area contributed by atoms with Crippen LogP contribution in [0.4, 0.5) is 5.69 Å². The van der Waals surface area contributed by atoms with Crippen LogP contribution in [0.15, 0.2) is 22.7 Å². The van der Waals surface area contributed by atoms with E-state index in [9.17, 15) is 0 Å². The molecule has 0 unspecified atom stereocenters. The molecule has 0 N–H and O–H groups in total. The van der Waals surface area contributed by atoms with Crippen LogP contribution in [0.2, 0.25) is 0 Å². The lowest BCUT2D eigenvalue weighted by atomic mass is 10.1. The van der Waals surface area contributed by atoms with Crippen molar-refractivity contribution in [3.8, 4) is 0 Å². The standard InChI is InChI=1S/C13H18N2O/c1-9-11-8-10(15(5)13(2,3)4)6-7-12(11)16-14-9/h6-8H,1-5H3. The van der Waals surface area contributed by atoms with E-state index in [1.807, 2.05) is 13.0 Å². The summed E-state index contributed by atoms with van der Waals surface area (Å²) >= 11 is 0. The van der Waals surface area contributed by atoms with Gasteiger partial charge in [0.1, 0.15) is 0 Å². The summed E-state index contributed by atoms with van der Waals surface area (Å²) < 4.78 is 5.20. The number of hydrogen-bond acceptors (Lipinski definition) is 3. The molecular weight excluding hydrogens is 200 g/mol. The summed E-state index contributed by atoms with van der Waals surface area (Å²) in [5, 5.41) is 5.06. The van der Waals surface area contributed by atoms with E-state index in [1.165, 1.54) is 5.69 Å². The molecule has 3 nitrogen and oxygen atoms in total. The lowest BCUT2D eigenvalue weighted by Gasteiger charge is -2.34. The van der Waals surface area contributed by atoms with Gasteiger partial charge in [0.05, 0.1) is 5.69 Å². The zero-order valence-corrected chi connectivity index (χ0v) is 10.5. The van der Waals surface area contributed by atoms with Gasteiger partial charge in [0.2, 0.25) is 0 Å². The third-order valence-electron chi connectivity index (χ3n) is 3.03. The number of aromatic nitrogens is 1. The van der Waals surface area contributed by atoms with Gasteiger partial charge in [-0.05, 0) is 45.9 Å². The van der Waals surface area contributed by atoms with Crippen LogP contribution in [0.1, 0.15) is 26.5 Å². The first kappa shape index (κ1) is 11.0. The quantitative estimate of drug-likeness (QED) is 0.735. The Balaban J connectivity index is 2.50. The summed E-state index contributed by atoms with van der Waals surface area (Å²) in [7, 11) is 2.10. The molecule has 1 aromatic heterocycles. The summed E-state index contributed by atoms with van der Waals surface area (Å²) in [4.78, 5) is 2.25. The van der Waals surface area contributed by atoms with E-state index >= 15 is 0 Å². The Morgan fingerprint density at radius 2 is 1.94 bits per heavy atom. The van der Waals surface area contributed by atoms with Crippen molar-refractivity contribution in [2.24, 2.45) is 0 Å². The predicted molar refractivity (Wildman–Crippen MR) is 66.9 cm³/mol. The molecule has 86 valence electrons. The van der Waals surface area contributed by atoms with E-state index in [-0.39, 0.29) is 5.54 Å². The largest absolute Gasteiger partial charge is 0.370 e. The number of rotatable bonds is 1. The number of hydrogen-bond donors (Lipinski definition) is 0. The first-order valence-electron chi connectivity index (χ1n) is 5.49. The first-order valence-corrected chi connectivity index (χ1v) is 5.49. The molecule has 3 heteroatoms. The highest BCUT2D eigenvalue weighted by Crippen LogP contribution is 2.27. The van der Waals surface area contributed by atoms with E-state index in [0.717, 1.165) is 16.7 Å². The molecule has 16 heavy (non-hydrogen) atoms. The maximum absolute atomic E-state index is 5.20. The van der Waals surface area contributed by atoms with Gasteiger partial charge >= 0.3 is 0 Å². The zero-order valence-electron chi connectivity index (χ0n) is 10.5. The van der Waals surface area contributed by atoms with Gasteiger partial charge in [-0.1, -0.05) is 5.16 Å². The monoisotopic (exact) mass is 218 g/mol. The molecule has 1 aromatic carbocycles. The molecule has 0 fully saturated rings. The van der Waals surface area contributed by atoms with Crippen LogP contribution >= 0.6 is 0 Å². The van der Waals surface area contributed by atoms with Crippen LogP contribution < -0.4 is 4.90 Å². The summed E-state index contributed by atoms with van der Waals surface area (Å²) in [6.07, 6.45) is 0. The average Bonchev–Trinajstić information content (AvgIpc) is 2.58. The van der Waals surface area contributed by atoms with Gasteiger partial charge in [-0.2, -0.15) is 0 Å².